The summed E-state index contributed by atoms with van der Waals surface area (Å²) >= 11 is 0.514. The lowest BCUT2D eigenvalue weighted by molar-refractivity contribution is -0.154. The predicted molar refractivity (Wildman–Crippen MR) is 64.2 cm³/mol. The molecule has 0 aromatic carbocycles. The molecule has 0 bridgehead atoms. The maximum Gasteiger partial charge on any atom is 0.443 e. The first-order valence-corrected chi connectivity index (χ1v) is 6.47. The Morgan fingerprint density at radius 2 is 1.95 bits per heavy atom. The largest absolute Gasteiger partial charge is 0.443 e. The van der Waals surface area contributed by atoms with Crippen molar-refractivity contribution in [2.45, 2.75) is 32.4 Å². The fourth-order valence-corrected chi connectivity index (χ4v) is 2.28. The molecule has 110 valence electrons. The van der Waals surface area contributed by atoms with Crippen LogP contribution in [0.4, 0.5) is 13.2 Å². The van der Waals surface area contributed by atoms with Gasteiger partial charge in [0.2, 0.25) is 0 Å². The van der Waals surface area contributed by atoms with Crippen LogP contribution in [0.1, 0.15) is 29.8 Å². The molecule has 19 heavy (non-hydrogen) atoms. The van der Waals surface area contributed by atoms with Crippen LogP contribution in [0.5, 0.6) is 0 Å². The van der Waals surface area contributed by atoms with Gasteiger partial charge in [0, 0.05) is 24.3 Å². The Labute approximate surface area is 112 Å². The zero-order valence-corrected chi connectivity index (χ0v) is 11.3. The summed E-state index contributed by atoms with van der Waals surface area (Å²) in [4.78, 5) is 3.65. The molecule has 1 atom stereocenters. The SMILES string of the molecule is CCOC(OCC)C(NN)c1cnc(C(F)(F)F)s1. The van der Waals surface area contributed by atoms with E-state index in [0.717, 1.165) is 6.20 Å². The van der Waals surface area contributed by atoms with Crippen LogP contribution in [0.25, 0.3) is 0 Å². The van der Waals surface area contributed by atoms with Crippen LogP contribution in [-0.2, 0) is 15.7 Å². The van der Waals surface area contributed by atoms with Crippen molar-refractivity contribution in [3.05, 3.63) is 16.1 Å². The maximum atomic E-state index is 12.5. The fourth-order valence-electron chi connectivity index (χ4n) is 1.43. The fraction of sp³-hybridized carbons (Fsp3) is 0.700. The zero-order chi connectivity index (χ0) is 14.5. The normalized spacial score (nSPS) is 14.1. The second kappa shape index (κ2) is 7.15. The van der Waals surface area contributed by atoms with Crippen molar-refractivity contribution >= 4 is 11.3 Å². The van der Waals surface area contributed by atoms with E-state index in [4.69, 9.17) is 15.3 Å². The van der Waals surface area contributed by atoms with E-state index in [1.54, 1.807) is 13.8 Å². The third kappa shape index (κ3) is 4.39. The van der Waals surface area contributed by atoms with Crippen molar-refractivity contribution in [1.29, 1.82) is 0 Å². The molecular weight excluding hydrogens is 283 g/mol. The molecule has 1 unspecified atom stereocenters. The maximum absolute atomic E-state index is 12.5. The van der Waals surface area contributed by atoms with Gasteiger partial charge in [-0.15, -0.1) is 11.3 Å². The average Bonchev–Trinajstić information content (AvgIpc) is 2.80. The number of nitrogens with two attached hydrogens (primary N) is 1. The van der Waals surface area contributed by atoms with Gasteiger partial charge in [0.05, 0.1) is 0 Å². The van der Waals surface area contributed by atoms with Crippen LogP contribution < -0.4 is 11.3 Å². The number of nitrogens with zero attached hydrogens (tertiary/aromatic N) is 1. The number of aromatic nitrogens is 1. The van der Waals surface area contributed by atoms with Gasteiger partial charge in [-0.1, -0.05) is 0 Å². The summed E-state index contributed by atoms with van der Waals surface area (Å²) in [6.45, 7) is 4.22. The summed E-state index contributed by atoms with van der Waals surface area (Å²) in [7, 11) is 0. The van der Waals surface area contributed by atoms with Crippen LogP contribution in [0.3, 0.4) is 0 Å². The highest BCUT2D eigenvalue weighted by Crippen LogP contribution is 2.35. The lowest BCUT2D eigenvalue weighted by Crippen LogP contribution is -2.39. The number of alkyl halides is 3. The minimum Gasteiger partial charge on any atom is -0.351 e. The number of halogens is 3. The topological polar surface area (TPSA) is 69.4 Å². The molecule has 3 N–H and O–H groups in total. The summed E-state index contributed by atoms with van der Waals surface area (Å²) in [5.74, 6) is 5.37. The Balaban J connectivity index is 2.91. The standard InChI is InChI=1S/C10H16F3N3O2S/c1-3-17-8(18-4-2)7(16-14)6-5-15-9(19-6)10(11,12)13/h5,7-8,16H,3-4,14H2,1-2H3. The Bertz CT molecular complexity index is 380. The first-order valence-electron chi connectivity index (χ1n) is 5.66. The smallest absolute Gasteiger partial charge is 0.351 e. The molecule has 1 aromatic heterocycles. The van der Waals surface area contributed by atoms with Crippen LogP contribution in [0.2, 0.25) is 0 Å². The zero-order valence-electron chi connectivity index (χ0n) is 10.5. The number of hydrazine groups is 1. The molecule has 5 nitrogen and oxygen atoms in total. The molecule has 9 heteroatoms. The van der Waals surface area contributed by atoms with E-state index in [1.807, 2.05) is 0 Å². The minimum absolute atomic E-state index is 0.307. The molecule has 0 fully saturated rings. The lowest BCUT2D eigenvalue weighted by Gasteiger charge is -2.24. The average molecular weight is 299 g/mol. The van der Waals surface area contributed by atoms with Gasteiger partial charge in [-0.25, -0.2) is 10.4 Å². The van der Waals surface area contributed by atoms with Gasteiger partial charge in [0.1, 0.15) is 6.04 Å². The van der Waals surface area contributed by atoms with Crippen molar-refractivity contribution in [2.75, 3.05) is 13.2 Å². The van der Waals surface area contributed by atoms with E-state index in [2.05, 4.69) is 10.4 Å². The number of rotatable bonds is 7. The number of hydrogen-bond acceptors (Lipinski definition) is 6. The Kier molecular flexibility index (Phi) is 6.14. The molecular formula is C10H16F3N3O2S. The summed E-state index contributed by atoms with van der Waals surface area (Å²) in [6.07, 6.45) is -4.10. The van der Waals surface area contributed by atoms with Gasteiger partial charge in [-0.05, 0) is 13.8 Å². The molecule has 0 aliphatic heterocycles. The van der Waals surface area contributed by atoms with E-state index in [-0.39, 0.29) is 0 Å². The molecule has 0 saturated heterocycles. The molecule has 0 amide bonds. The van der Waals surface area contributed by atoms with Crippen molar-refractivity contribution < 1.29 is 22.6 Å². The predicted octanol–water partition coefficient (Wildman–Crippen LogP) is 2.07. The number of nitrogens with one attached hydrogen (secondary N) is 1. The minimum atomic E-state index is -4.46. The molecule has 1 heterocycles. The van der Waals surface area contributed by atoms with E-state index in [1.165, 1.54) is 0 Å². The number of hydrogen-bond donors (Lipinski definition) is 2. The number of thiazole rings is 1. The van der Waals surface area contributed by atoms with E-state index < -0.39 is 23.5 Å². The van der Waals surface area contributed by atoms with Gasteiger partial charge in [-0.2, -0.15) is 13.2 Å². The first-order chi connectivity index (χ1) is 8.93. The molecule has 0 spiro atoms. The summed E-state index contributed by atoms with van der Waals surface area (Å²) in [5, 5.41) is -0.922. The highest BCUT2D eigenvalue weighted by molar-refractivity contribution is 7.11. The Hall–Kier alpha value is -0.740. The van der Waals surface area contributed by atoms with Crippen LogP contribution in [0.15, 0.2) is 6.20 Å². The van der Waals surface area contributed by atoms with E-state index >= 15 is 0 Å². The van der Waals surface area contributed by atoms with Gasteiger partial charge in [-0.3, -0.25) is 5.84 Å². The van der Waals surface area contributed by atoms with E-state index in [0.29, 0.717) is 29.4 Å². The summed E-state index contributed by atoms with van der Waals surface area (Å²) in [5.41, 5.74) is 2.41. The monoisotopic (exact) mass is 299 g/mol. The lowest BCUT2D eigenvalue weighted by atomic mass is 10.2. The van der Waals surface area contributed by atoms with Gasteiger partial charge in [0.15, 0.2) is 11.3 Å². The van der Waals surface area contributed by atoms with Gasteiger partial charge < -0.3 is 9.47 Å². The third-order valence-electron chi connectivity index (χ3n) is 2.19. The van der Waals surface area contributed by atoms with Gasteiger partial charge in [0.25, 0.3) is 0 Å². The molecule has 0 aliphatic carbocycles. The second-order valence-electron chi connectivity index (χ2n) is 3.49. The molecule has 0 radical (unpaired) electrons. The van der Waals surface area contributed by atoms with Crippen LogP contribution in [-0.4, -0.2) is 24.5 Å². The van der Waals surface area contributed by atoms with Crippen molar-refractivity contribution in [2.24, 2.45) is 5.84 Å². The van der Waals surface area contributed by atoms with E-state index in [9.17, 15) is 13.2 Å². The van der Waals surface area contributed by atoms with Crippen LogP contribution in [0, 0.1) is 0 Å². The Morgan fingerprint density at radius 3 is 2.32 bits per heavy atom. The third-order valence-corrected chi connectivity index (χ3v) is 3.31. The second-order valence-corrected chi connectivity index (χ2v) is 4.55. The molecule has 1 rings (SSSR count). The number of ether oxygens (including phenoxy) is 2. The Morgan fingerprint density at radius 1 is 1.37 bits per heavy atom. The first kappa shape index (κ1) is 16.3. The molecule has 1 aromatic rings. The highest BCUT2D eigenvalue weighted by atomic mass is 32.1. The molecule has 0 aliphatic rings. The summed E-state index contributed by atoms with van der Waals surface area (Å²) < 4.78 is 48.1. The quantitative estimate of drug-likeness (QED) is 0.458. The van der Waals surface area contributed by atoms with Crippen molar-refractivity contribution in [3.8, 4) is 0 Å². The molecule has 0 saturated carbocycles. The highest BCUT2D eigenvalue weighted by Gasteiger charge is 2.36. The summed E-state index contributed by atoms with van der Waals surface area (Å²) in [6, 6.07) is -0.700. The van der Waals surface area contributed by atoms with Crippen molar-refractivity contribution in [3.63, 3.8) is 0 Å². The van der Waals surface area contributed by atoms with Gasteiger partial charge >= 0.3 is 6.18 Å². The van der Waals surface area contributed by atoms with Crippen molar-refractivity contribution in [1.82, 2.24) is 10.4 Å². The van der Waals surface area contributed by atoms with Crippen LogP contribution >= 0.6 is 11.3 Å².